The SMILES string of the molecule is CC(C)(CO)CNCCN1CCNC1=O. The summed E-state index contributed by atoms with van der Waals surface area (Å²) < 4.78 is 0. The van der Waals surface area contributed by atoms with E-state index in [0.717, 1.165) is 32.7 Å². The van der Waals surface area contributed by atoms with Crippen LogP contribution in [-0.2, 0) is 0 Å². The molecule has 0 aromatic carbocycles. The average Bonchev–Trinajstić information content (AvgIpc) is 2.59. The molecule has 88 valence electrons. The number of urea groups is 1. The van der Waals surface area contributed by atoms with Crippen molar-refractivity contribution in [1.29, 1.82) is 0 Å². The third-order valence-electron chi connectivity index (χ3n) is 2.54. The molecule has 1 heterocycles. The molecule has 1 aliphatic rings. The fourth-order valence-electron chi connectivity index (χ4n) is 1.42. The molecule has 15 heavy (non-hydrogen) atoms. The van der Waals surface area contributed by atoms with Gasteiger partial charge in [-0.2, -0.15) is 0 Å². The van der Waals surface area contributed by atoms with E-state index in [2.05, 4.69) is 10.6 Å². The lowest BCUT2D eigenvalue weighted by Crippen LogP contribution is -2.38. The van der Waals surface area contributed by atoms with Gasteiger partial charge in [-0.25, -0.2) is 4.79 Å². The minimum atomic E-state index is -0.0900. The van der Waals surface area contributed by atoms with Crippen LogP contribution in [0, 0.1) is 5.41 Å². The molecular formula is C10H21N3O2. The van der Waals surface area contributed by atoms with E-state index in [0.29, 0.717) is 0 Å². The molecule has 1 aliphatic heterocycles. The first-order valence-electron chi connectivity index (χ1n) is 5.39. The molecular weight excluding hydrogens is 194 g/mol. The number of hydrogen-bond acceptors (Lipinski definition) is 3. The van der Waals surface area contributed by atoms with Gasteiger partial charge in [0.25, 0.3) is 0 Å². The van der Waals surface area contributed by atoms with E-state index in [1.165, 1.54) is 0 Å². The van der Waals surface area contributed by atoms with Crippen LogP contribution in [0.2, 0.25) is 0 Å². The second-order valence-corrected chi connectivity index (χ2v) is 4.72. The largest absolute Gasteiger partial charge is 0.396 e. The Morgan fingerprint density at radius 2 is 2.33 bits per heavy atom. The molecule has 5 heteroatoms. The normalized spacial score (nSPS) is 17.0. The van der Waals surface area contributed by atoms with Crippen molar-refractivity contribution < 1.29 is 9.90 Å². The van der Waals surface area contributed by atoms with Crippen LogP contribution in [0.15, 0.2) is 0 Å². The predicted molar refractivity (Wildman–Crippen MR) is 58.7 cm³/mol. The third kappa shape index (κ3) is 4.05. The molecule has 1 rings (SSSR count). The van der Waals surface area contributed by atoms with Crippen LogP contribution in [0.4, 0.5) is 4.79 Å². The number of aliphatic hydroxyl groups excluding tert-OH is 1. The highest BCUT2D eigenvalue weighted by Gasteiger charge is 2.19. The summed E-state index contributed by atoms with van der Waals surface area (Å²) in [6.45, 7) is 7.99. The summed E-state index contributed by atoms with van der Waals surface area (Å²) in [5, 5.41) is 15.0. The molecule has 0 aromatic rings. The van der Waals surface area contributed by atoms with Gasteiger partial charge in [-0.15, -0.1) is 0 Å². The molecule has 0 unspecified atom stereocenters. The maximum atomic E-state index is 11.2. The molecule has 2 amide bonds. The van der Waals surface area contributed by atoms with Gasteiger partial charge in [-0.3, -0.25) is 0 Å². The maximum absolute atomic E-state index is 11.2. The Balaban J connectivity index is 2.09. The van der Waals surface area contributed by atoms with E-state index in [1.54, 1.807) is 4.90 Å². The number of amides is 2. The number of hydrogen-bond donors (Lipinski definition) is 3. The lowest BCUT2D eigenvalue weighted by molar-refractivity contribution is 0.156. The number of rotatable bonds is 6. The Hall–Kier alpha value is -0.810. The molecule has 0 spiro atoms. The van der Waals surface area contributed by atoms with E-state index in [4.69, 9.17) is 5.11 Å². The quantitative estimate of drug-likeness (QED) is 0.529. The highest BCUT2D eigenvalue weighted by molar-refractivity contribution is 5.76. The Bertz CT molecular complexity index is 219. The second-order valence-electron chi connectivity index (χ2n) is 4.72. The summed E-state index contributed by atoms with van der Waals surface area (Å²) in [5.74, 6) is 0. The summed E-state index contributed by atoms with van der Waals surface area (Å²) >= 11 is 0. The molecule has 1 fully saturated rings. The average molecular weight is 215 g/mol. The zero-order valence-electron chi connectivity index (χ0n) is 9.55. The van der Waals surface area contributed by atoms with Gasteiger partial charge in [0.05, 0.1) is 0 Å². The zero-order valence-corrected chi connectivity index (χ0v) is 9.55. The smallest absolute Gasteiger partial charge is 0.317 e. The molecule has 0 saturated carbocycles. The van der Waals surface area contributed by atoms with Crippen molar-refractivity contribution >= 4 is 6.03 Å². The predicted octanol–water partition coefficient (Wildman–Crippen LogP) is -0.380. The zero-order chi connectivity index (χ0) is 11.3. The summed E-state index contributed by atoms with van der Waals surface area (Å²) in [6.07, 6.45) is 0. The van der Waals surface area contributed by atoms with Crippen molar-refractivity contribution in [3.63, 3.8) is 0 Å². The highest BCUT2D eigenvalue weighted by atomic mass is 16.3. The highest BCUT2D eigenvalue weighted by Crippen LogP contribution is 2.10. The van der Waals surface area contributed by atoms with Gasteiger partial charge in [-0.1, -0.05) is 13.8 Å². The van der Waals surface area contributed by atoms with Crippen LogP contribution in [0.3, 0.4) is 0 Å². The van der Waals surface area contributed by atoms with E-state index in [1.807, 2.05) is 13.8 Å². The van der Waals surface area contributed by atoms with Gasteiger partial charge >= 0.3 is 6.03 Å². The van der Waals surface area contributed by atoms with Crippen LogP contribution < -0.4 is 10.6 Å². The molecule has 0 bridgehead atoms. The Labute approximate surface area is 90.8 Å². The van der Waals surface area contributed by atoms with Crippen molar-refractivity contribution in [3.8, 4) is 0 Å². The standard InChI is InChI=1S/C10H21N3O2/c1-10(2,8-14)7-11-3-5-13-6-4-12-9(13)15/h11,14H,3-8H2,1-2H3,(H,12,15). The number of carbonyl (C=O) groups excluding carboxylic acids is 1. The van der Waals surface area contributed by atoms with Crippen LogP contribution in [0.5, 0.6) is 0 Å². The first-order valence-corrected chi connectivity index (χ1v) is 5.39. The van der Waals surface area contributed by atoms with Gasteiger partial charge in [0.15, 0.2) is 0 Å². The lowest BCUT2D eigenvalue weighted by atomic mass is 9.95. The fourth-order valence-corrected chi connectivity index (χ4v) is 1.42. The number of nitrogens with zero attached hydrogens (tertiary/aromatic N) is 1. The second kappa shape index (κ2) is 5.32. The maximum Gasteiger partial charge on any atom is 0.317 e. The molecule has 0 atom stereocenters. The fraction of sp³-hybridized carbons (Fsp3) is 0.900. The van der Waals surface area contributed by atoms with E-state index >= 15 is 0 Å². The van der Waals surface area contributed by atoms with Crippen molar-refractivity contribution in [2.45, 2.75) is 13.8 Å². The number of aliphatic hydroxyl groups is 1. The third-order valence-corrected chi connectivity index (χ3v) is 2.54. The Morgan fingerprint density at radius 3 is 2.87 bits per heavy atom. The molecule has 0 radical (unpaired) electrons. The molecule has 5 nitrogen and oxygen atoms in total. The van der Waals surface area contributed by atoms with Crippen LogP contribution in [0.25, 0.3) is 0 Å². The first kappa shape index (κ1) is 12.3. The minimum absolute atomic E-state index is 0.0261. The summed E-state index contributed by atoms with van der Waals surface area (Å²) in [7, 11) is 0. The number of nitrogens with one attached hydrogen (secondary N) is 2. The van der Waals surface area contributed by atoms with E-state index in [-0.39, 0.29) is 18.1 Å². The van der Waals surface area contributed by atoms with E-state index < -0.39 is 0 Å². The van der Waals surface area contributed by atoms with Crippen molar-refractivity contribution in [2.75, 3.05) is 39.3 Å². The van der Waals surface area contributed by atoms with Crippen LogP contribution in [-0.4, -0.2) is 55.4 Å². The van der Waals surface area contributed by atoms with E-state index in [9.17, 15) is 4.79 Å². The molecule has 0 aromatic heterocycles. The summed E-state index contributed by atoms with van der Waals surface area (Å²) in [5.41, 5.74) is -0.0900. The summed E-state index contributed by atoms with van der Waals surface area (Å²) in [6, 6.07) is 0.0261. The topological polar surface area (TPSA) is 64.6 Å². The van der Waals surface area contributed by atoms with Crippen LogP contribution >= 0.6 is 0 Å². The van der Waals surface area contributed by atoms with Gasteiger partial charge in [-0.05, 0) is 0 Å². The molecule has 1 saturated heterocycles. The van der Waals surface area contributed by atoms with Crippen LogP contribution in [0.1, 0.15) is 13.8 Å². The lowest BCUT2D eigenvalue weighted by Gasteiger charge is -2.23. The van der Waals surface area contributed by atoms with Crippen molar-refractivity contribution in [3.05, 3.63) is 0 Å². The van der Waals surface area contributed by atoms with Crippen molar-refractivity contribution in [1.82, 2.24) is 15.5 Å². The van der Waals surface area contributed by atoms with Gasteiger partial charge in [0, 0.05) is 44.7 Å². The summed E-state index contributed by atoms with van der Waals surface area (Å²) in [4.78, 5) is 13.0. The monoisotopic (exact) mass is 215 g/mol. The van der Waals surface area contributed by atoms with Crippen molar-refractivity contribution in [2.24, 2.45) is 5.41 Å². The van der Waals surface area contributed by atoms with Gasteiger partial charge in [0.1, 0.15) is 0 Å². The number of carbonyl (C=O) groups is 1. The first-order chi connectivity index (χ1) is 7.05. The van der Waals surface area contributed by atoms with Gasteiger partial charge < -0.3 is 20.6 Å². The Morgan fingerprint density at radius 1 is 1.60 bits per heavy atom. The molecule has 3 N–H and O–H groups in total. The Kier molecular flexibility index (Phi) is 4.35. The van der Waals surface area contributed by atoms with Gasteiger partial charge in [0.2, 0.25) is 0 Å². The minimum Gasteiger partial charge on any atom is -0.396 e. The molecule has 0 aliphatic carbocycles.